The van der Waals surface area contributed by atoms with Gasteiger partial charge in [0.1, 0.15) is 11.5 Å². The van der Waals surface area contributed by atoms with Crippen LogP contribution >= 0.6 is 0 Å². The van der Waals surface area contributed by atoms with Gasteiger partial charge in [0.25, 0.3) is 17.7 Å². The van der Waals surface area contributed by atoms with Crippen LogP contribution in [0, 0.1) is 0 Å². The summed E-state index contributed by atoms with van der Waals surface area (Å²) in [4.78, 5) is 36.1. The van der Waals surface area contributed by atoms with Crippen molar-refractivity contribution in [2.24, 2.45) is 0 Å². The van der Waals surface area contributed by atoms with Gasteiger partial charge in [-0.2, -0.15) is 0 Å². The first kappa shape index (κ1) is 16.5. The van der Waals surface area contributed by atoms with Crippen molar-refractivity contribution < 1.29 is 19.1 Å². The first-order chi connectivity index (χ1) is 13.1. The van der Waals surface area contributed by atoms with Crippen LogP contribution in [0.4, 0.5) is 5.69 Å². The van der Waals surface area contributed by atoms with Crippen molar-refractivity contribution in [3.63, 3.8) is 0 Å². The summed E-state index contributed by atoms with van der Waals surface area (Å²) in [6, 6.07) is 20.7. The summed E-state index contributed by atoms with van der Waals surface area (Å²) < 4.78 is 5.70. The molecule has 0 saturated carbocycles. The van der Waals surface area contributed by atoms with E-state index in [4.69, 9.17) is 4.74 Å². The Morgan fingerprint density at radius 1 is 0.778 bits per heavy atom. The highest BCUT2D eigenvalue weighted by molar-refractivity contribution is 6.25. The Kier molecular flexibility index (Phi) is 4.14. The third-order valence-electron chi connectivity index (χ3n) is 4.11. The van der Waals surface area contributed by atoms with Crippen LogP contribution in [0.3, 0.4) is 0 Å². The molecular formula is C21H14N2O4. The summed E-state index contributed by atoms with van der Waals surface area (Å²) in [6.45, 7) is 0. The predicted molar refractivity (Wildman–Crippen MR) is 99.1 cm³/mol. The van der Waals surface area contributed by atoms with Crippen molar-refractivity contribution in [3.8, 4) is 11.5 Å². The van der Waals surface area contributed by atoms with Crippen LogP contribution in [0.1, 0.15) is 31.1 Å². The number of hydrogen-bond acceptors (Lipinski definition) is 4. The molecular weight excluding hydrogens is 344 g/mol. The molecule has 0 fully saturated rings. The molecule has 27 heavy (non-hydrogen) atoms. The molecule has 1 aliphatic rings. The predicted octanol–water partition coefficient (Wildman–Crippen LogP) is 3.61. The van der Waals surface area contributed by atoms with Crippen molar-refractivity contribution in [2.45, 2.75) is 0 Å². The van der Waals surface area contributed by atoms with Crippen molar-refractivity contribution in [2.75, 3.05) is 5.32 Å². The summed E-state index contributed by atoms with van der Waals surface area (Å²) in [5.41, 5.74) is 1.13. The molecule has 1 aliphatic heterocycles. The number of imide groups is 1. The zero-order valence-electron chi connectivity index (χ0n) is 14.1. The largest absolute Gasteiger partial charge is 0.457 e. The molecule has 1 heterocycles. The second-order valence-electron chi connectivity index (χ2n) is 5.90. The van der Waals surface area contributed by atoms with Gasteiger partial charge in [-0.25, -0.2) is 0 Å². The van der Waals surface area contributed by atoms with Crippen LogP contribution in [-0.2, 0) is 0 Å². The Bertz CT molecular complexity index is 1040. The molecule has 0 radical (unpaired) electrons. The van der Waals surface area contributed by atoms with E-state index in [1.807, 2.05) is 30.3 Å². The molecule has 0 saturated heterocycles. The van der Waals surface area contributed by atoms with Gasteiger partial charge in [0.15, 0.2) is 0 Å². The van der Waals surface area contributed by atoms with E-state index in [-0.39, 0.29) is 17.0 Å². The van der Waals surface area contributed by atoms with Gasteiger partial charge in [0.05, 0.1) is 16.8 Å². The molecule has 132 valence electrons. The van der Waals surface area contributed by atoms with Gasteiger partial charge in [0, 0.05) is 5.56 Å². The fourth-order valence-corrected chi connectivity index (χ4v) is 2.82. The van der Waals surface area contributed by atoms with E-state index in [1.165, 1.54) is 0 Å². The Hall–Kier alpha value is -3.93. The second kappa shape index (κ2) is 6.76. The Balaban J connectivity index is 1.51. The lowest BCUT2D eigenvalue weighted by Crippen LogP contribution is -2.20. The van der Waals surface area contributed by atoms with Gasteiger partial charge in [-0.1, -0.05) is 24.3 Å². The number of benzene rings is 3. The molecule has 0 aromatic heterocycles. The van der Waals surface area contributed by atoms with Gasteiger partial charge >= 0.3 is 0 Å². The highest BCUT2D eigenvalue weighted by atomic mass is 16.5. The van der Waals surface area contributed by atoms with Crippen molar-refractivity contribution in [1.29, 1.82) is 0 Å². The van der Waals surface area contributed by atoms with Gasteiger partial charge in [-0.15, -0.1) is 0 Å². The van der Waals surface area contributed by atoms with E-state index < -0.39 is 11.8 Å². The minimum absolute atomic E-state index is 0.180. The number of carbonyl (C=O) groups excluding carboxylic acids is 3. The number of rotatable bonds is 4. The van der Waals surface area contributed by atoms with Crippen LogP contribution in [0.2, 0.25) is 0 Å². The maximum absolute atomic E-state index is 12.5. The number of amides is 3. The van der Waals surface area contributed by atoms with Crippen LogP contribution in [0.25, 0.3) is 0 Å². The molecule has 3 amide bonds. The van der Waals surface area contributed by atoms with E-state index in [1.54, 1.807) is 42.5 Å². The topological polar surface area (TPSA) is 84.5 Å². The minimum atomic E-state index is -0.516. The molecule has 0 bridgehead atoms. The molecule has 0 spiro atoms. The summed E-state index contributed by atoms with van der Waals surface area (Å²) in [5.74, 6) is -0.0682. The molecule has 2 N–H and O–H groups in total. The molecule has 6 nitrogen and oxygen atoms in total. The summed E-state index contributed by atoms with van der Waals surface area (Å²) >= 11 is 0. The number of nitrogens with one attached hydrogen (secondary N) is 2. The zero-order valence-corrected chi connectivity index (χ0v) is 14.1. The monoisotopic (exact) mass is 358 g/mol. The highest BCUT2D eigenvalue weighted by Crippen LogP contribution is 2.25. The number of ether oxygens (including phenoxy) is 1. The van der Waals surface area contributed by atoms with Gasteiger partial charge in [-0.05, 0) is 48.5 Å². The van der Waals surface area contributed by atoms with Gasteiger partial charge in [0.2, 0.25) is 0 Å². The number of carbonyl (C=O) groups is 3. The third-order valence-corrected chi connectivity index (χ3v) is 4.11. The van der Waals surface area contributed by atoms with Gasteiger partial charge in [-0.3, -0.25) is 19.7 Å². The molecule has 6 heteroatoms. The summed E-state index contributed by atoms with van der Waals surface area (Å²) in [6.07, 6.45) is 0. The molecule has 0 unspecified atom stereocenters. The smallest absolute Gasteiger partial charge is 0.261 e. The van der Waals surface area contributed by atoms with Crippen LogP contribution in [-0.4, -0.2) is 17.7 Å². The normalized spacial score (nSPS) is 12.3. The van der Waals surface area contributed by atoms with Crippen molar-refractivity contribution >= 4 is 23.4 Å². The number of fused-ring (bicyclic) bond motifs is 1. The molecule has 0 atom stereocenters. The van der Waals surface area contributed by atoms with E-state index >= 15 is 0 Å². The summed E-state index contributed by atoms with van der Waals surface area (Å²) in [5, 5.41) is 4.91. The van der Waals surface area contributed by atoms with E-state index in [0.29, 0.717) is 22.7 Å². The SMILES string of the molecule is O=C(Nc1cccc2c1C(=O)NC2=O)c1ccc(Oc2ccccc2)cc1. The maximum Gasteiger partial charge on any atom is 0.261 e. The minimum Gasteiger partial charge on any atom is -0.457 e. The van der Waals surface area contributed by atoms with Crippen molar-refractivity contribution in [3.05, 3.63) is 89.5 Å². The standard InChI is InChI=1S/C21H14N2O4/c24-19(22-17-8-4-7-16-18(17)21(26)23-20(16)25)13-9-11-15(12-10-13)27-14-5-2-1-3-6-14/h1-12H,(H,22,24)(H,23,25,26). The average Bonchev–Trinajstić information content (AvgIpc) is 2.98. The fourth-order valence-electron chi connectivity index (χ4n) is 2.82. The van der Waals surface area contributed by atoms with E-state index in [2.05, 4.69) is 10.6 Å². The Labute approximate surface area is 154 Å². The van der Waals surface area contributed by atoms with Crippen LogP contribution in [0.15, 0.2) is 72.8 Å². The average molecular weight is 358 g/mol. The molecule has 4 rings (SSSR count). The zero-order chi connectivity index (χ0) is 18.8. The lowest BCUT2D eigenvalue weighted by Gasteiger charge is -2.09. The lowest BCUT2D eigenvalue weighted by atomic mass is 10.1. The number of anilines is 1. The molecule has 0 aliphatic carbocycles. The Morgan fingerprint density at radius 3 is 2.22 bits per heavy atom. The summed E-state index contributed by atoms with van der Waals surface area (Å²) in [7, 11) is 0. The van der Waals surface area contributed by atoms with Crippen LogP contribution in [0.5, 0.6) is 11.5 Å². The first-order valence-corrected chi connectivity index (χ1v) is 8.25. The maximum atomic E-state index is 12.5. The van der Waals surface area contributed by atoms with Crippen molar-refractivity contribution in [1.82, 2.24) is 5.32 Å². The van der Waals surface area contributed by atoms with E-state index in [9.17, 15) is 14.4 Å². The van der Waals surface area contributed by atoms with Crippen LogP contribution < -0.4 is 15.4 Å². The highest BCUT2D eigenvalue weighted by Gasteiger charge is 2.29. The number of para-hydroxylation sites is 1. The quantitative estimate of drug-likeness (QED) is 0.698. The first-order valence-electron chi connectivity index (χ1n) is 8.25. The lowest BCUT2D eigenvalue weighted by molar-refractivity contribution is 0.0879. The van der Waals surface area contributed by atoms with E-state index in [0.717, 1.165) is 0 Å². The second-order valence-corrected chi connectivity index (χ2v) is 5.90. The third kappa shape index (κ3) is 3.28. The molecule has 3 aromatic rings. The van der Waals surface area contributed by atoms with Gasteiger partial charge < -0.3 is 10.1 Å². The fraction of sp³-hybridized carbons (Fsp3) is 0. The Morgan fingerprint density at radius 2 is 1.48 bits per heavy atom. The molecule has 3 aromatic carbocycles. The number of hydrogen-bond donors (Lipinski definition) is 2.